The highest BCUT2D eigenvalue weighted by Gasteiger charge is 2.22. The standard InChI is InChI=1S/C20H28N4O3/c1-4-27-18-12-15(7-8-17(18)26-3)13-22-16-6-5-10-24(14-16)19-20(25)23(2)11-9-21-19/h7-9,11-12,16,22H,4-6,10,13-14H2,1-3H3. The summed E-state index contributed by atoms with van der Waals surface area (Å²) in [6.07, 6.45) is 5.48. The smallest absolute Gasteiger partial charge is 0.293 e. The first-order valence-corrected chi connectivity index (χ1v) is 9.42. The van der Waals surface area contributed by atoms with Gasteiger partial charge in [0.15, 0.2) is 17.3 Å². The molecule has 1 aliphatic heterocycles. The van der Waals surface area contributed by atoms with Crippen molar-refractivity contribution < 1.29 is 9.47 Å². The minimum atomic E-state index is -0.0466. The van der Waals surface area contributed by atoms with Crippen molar-refractivity contribution in [1.29, 1.82) is 0 Å². The molecule has 1 N–H and O–H groups in total. The topological polar surface area (TPSA) is 68.6 Å². The molecule has 0 amide bonds. The number of anilines is 1. The lowest BCUT2D eigenvalue weighted by Crippen LogP contribution is -2.47. The Balaban J connectivity index is 1.64. The number of ether oxygens (including phenoxy) is 2. The van der Waals surface area contributed by atoms with E-state index in [9.17, 15) is 4.79 Å². The summed E-state index contributed by atoms with van der Waals surface area (Å²) in [5, 5.41) is 3.60. The van der Waals surface area contributed by atoms with Gasteiger partial charge in [-0.15, -0.1) is 0 Å². The summed E-state index contributed by atoms with van der Waals surface area (Å²) >= 11 is 0. The monoisotopic (exact) mass is 372 g/mol. The Labute approximate surface area is 159 Å². The maximum atomic E-state index is 12.3. The van der Waals surface area contributed by atoms with Gasteiger partial charge in [-0.25, -0.2) is 4.98 Å². The van der Waals surface area contributed by atoms with E-state index in [1.807, 2.05) is 25.1 Å². The Hall–Kier alpha value is -2.54. The maximum Gasteiger partial charge on any atom is 0.293 e. The van der Waals surface area contributed by atoms with Crippen LogP contribution in [0.15, 0.2) is 35.4 Å². The number of aromatic nitrogens is 2. The molecule has 2 aromatic rings. The van der Waals surface area contributed by atoms with Crippen LogP contribution in [0.1, 0.15) is 25.3 Å². The fourth-order valence-corrected chi connectivity index (χ4v) is 3.40. The average molecular weight is 372 g/mol. The zero-order valence-electron chi connectivity index (χ0n) is 16.3. The normalized spacial score (nSPS) is 17.0. The first-order valence-electron chi connectivity index (χ1n) is 9.42. The number of benzene rings is 1. The molecule has 27 heavy (non-hydrogen) atoms. The number of methoxy groups -OCH3 is 1. The van der Waals surface area contributed by atoms with E-state index in [1.54, 1.807) is 31.1 Å². The van der Waals surface area contributed by atoms with Crippen molar-refractivity contribution in [1.82, 2.24) is 14.9 Å². The largest absolute Gasteiger partial charge is 0.493 e. The second kappa shape index (κ2) is 8.90. The van der Waals surface area contributed by atoms with Gasteiger partial charge in [-0.3, -0.25) is 4.79 Å². The number of nitrogens with zero attached hydrogens (tertiary/aromatic N) is 3. The molecule has 1 fully saturated rings. The van der Waals surface area contributed by atoms with E-state index in [4.69, 9.17) is 9.47 Å². The van der Waals surface area contributed by atoms with Crippen LogP contribution in [0.5, 0.6) is 11.5 Å². The summed E-state index contributed by atoms with van der Waals surface area (Å²) in [7, 11) is 3.40. The average Bonchev–Trinajstić information content (AvgIpc) is 2.69. The van der Waals surface area contributed by atoms with Crippen LogP contribution < -0.4 is 25.2 Å². The molecule has 146 valence electrons. The van der Waals surface area contributed by atoms with Crippen LogP contribution in [-0.2, 0) is 13.6 Å². The number of nitrogens with one attached hydrogen (secondary N) is 1. The van der Waals surface area contributed by atoms with Crippen molar-refractivity contribution in [2.24, 2.45) is 7.05 Å². The molecule has 1 aromatic carbocycles. The van der Waals surface area contributed by atoms with E-state index in [0.29, 0.717) is 18.5 Å². The van der Waals surface area contributed by atoms with Gasteiger partial charge in [-0.2, -0.15) is 0 Å². The first kappa shape index (κ1) is 19.2. The molecular weight excluding hydrogens is 344 g/mol. The number of aryl methyl sites for hydroxylation is 1. The van der Waals surface area contributed by atoms with Gasteiger partial charge in [0.05, 0.1) is 13.7 Å². The third-order valence-electron chi connectivity index (χ3n) is 4.84. The van der Waals surface area contributed by atoms with E-state index in [1.165, 1.54) is 0 Å². The Morgan fingerprint density at radius 2 is 2.19 bits per heavy atom. The van der Waals surface area contributed by atoms with Crippen molar-refractivity contribution in [3.8, 4) is 11.5 Å². The highest BCUT2D eigenvalue weighted by Crippen LogP contribution is 2.28. The number of rotatable bonds is 7. The predicted molar refractivity (Wildman–Crippen MR) is 106 cm³/mol. The second-order valence-corrected chi connectivity index (χ2v) is 6.75. The van der Waals surface area contributed by atoms with Crippen molar-refractivity contribution in [3.63, 3.8) is 0 Å². The second-order valence-electron chi connectivity index (χ2n) is 6.75. The fraction of sp³-hybridized carbons (Fsp3) is 0.500. The summed E-state index contributed by atoms with van der Waals surface area (Å²) in [6, 6.07) is 6.31. The van der Waals surface area contributed by atoms with Crippen LogP contribution in [0.3, 0.4) is 0 Å². The van der Waals surface area contributed by atoms with E-state index in [0.717, 1.165) is 49.5 Å². The Bertz CT molecular complexity index is 821. The van der Waals surface area contributed by atoms with Crippen molar-refractivity contribution in [3.05, 3.63) is 46.5 Å². The Morgan fingerprint density at radius 1 is 1.33 bits per heavy atom. The highest BCUT2D eigenvalue weighted by atomic mass is 16.5. The zero-order chi connectivity index (χ0) is 19.2. The fourth-order valence-electron chi connectivity index (χ4n) is 3.40. The molecule has 0 radical (unpaired) electrons. The van der Waals surface area contributed by atoms with Crippen LogP contribution in [0.25, 0.3) is 0 Å². The predicted octanol–water partition coefficient (Wildman–Crippen LogP) is 1.95. The number of piperidine rings is 1. The molecule has 1 saturated heterocycles. The molecule has 0 spiro atoms. The lowest BCUT2D eigenvalue weighted by Gasteiger charge is -2.33. The Kier molecular flexibility index (Phi) is 6.34. The van der Waals surface area contributed by atoms with Crippen molar-refractivity contribution in [2.75, 3.05) is 31.7 Å². The Morgan fingerprint density at radius 3 is 2.96 bits per heavy atom. The highest BCUT2D eigenvalue weighted by molar-refractivity contribution is 5.43. The molecule has 1 aromatic heterocycles. The lowest BCUT2D eigenvalue weighted by molar-refractivity contribution is 0.310. The van der Waals surface area contributed by atoms with E-state index in [-0.39, 0.29) is 5.56 Å². The maximum absolute atomic E-state index is 12.3. The van der Waals surface area contributed by atoms with Gasteiger partial charge in [0.2, 0.25) is 0 Å². The van der Waals surface area contributed by atoms with Gasteiger partial charge in [0.1, 0.15) is 0 Å². The number of hydrogen-bond acceptors (Lipinski definition) is 6. The molecule has 1 unspecified atom stereocenters. The first-order chi connectivity index (χ1) is 13.1. The van der Waals surface area contributed by atoms with E-state index in [2.05, 4.69) is 15.2 Å². The van der Waals surface area contributed by atoms with Crippen molar-refractivity contribution >= 4 is 5.82 Å². The summed E-state index contributed by atoms with van der Waals surface area (Å²) in [6.45, 7) is 4.94. The third-order valence-corrected chi connectivity index (χ3v) is 4.84. The summed E-state index contributed by atoms with van der Waals surface area (Å²) in [5.41, 5.74) is 1.10. The SMILES string of the molecule is CCOc1cc(CNC2CCCN(c3nccn(C)c3=O)C2)ccc1OC. The third kappa shape index (κ3) is 4.60. The molecular formula is C20H28N4O3. The number of hydrogen-bond donors (Lipinski definition) is 1. The van der Waals surface area contributed by atoms with Gasteiger partial charge in [0.25, 0.3) is 5.56 Å². The van der Waals surface area contributed by atoms with Crippen molar-refractivity contribution in [2.45, 2.75) is 32.4 Å². The summed E-state index contributed by atoms with van der Waals surface area (Å²) in [5.74, 6) is 2.05. The van der Waals surface area contributed by atoms with Crippen LogP contribution in [0.2, 0.25) is 0 Å². The molecule has 1 aliphatic rings. The minimum Gasteiger partial charge on any atom is -0.493 e. The molecule has 1 atom stereocenters. The minimum absolute atomic E-state index is 0.0466. The van der Waals surface area contributed by atoms with E-state index >= 15 is 0 Å². The molecule has 2 heterocycles. The van der Waals surface area contributed by atoms with Crippen LogP contribution in [-0.4, -0.2) is 42.4 Å². The summed E-state index contributed by atoms with van der Waals surface area (Å²) in [4.78, 5) is 18.7. The molecule has 7 heteroatoms. The van der Waals surface area contributed by atoms with Gasteiger partial charge in [-0.05, 0) is 37.5 Å². The van der Waals surface area contributed by atoms with Crippen LogP contribution in [0, 0.1) is 0 Å². The van der Waals surface area contributed by atoms with Crippen LogP contribution in [0.4, 0.5) is 5.82 Å². The lowest BCUT2D eigenvalue weighted by atomic mass is 10.1. The molecule has 0 bridgehead atoms. The summed E-state index contributed by atoms with van der Waals surface area (Å²) < 4.78 is 12.6. The molecule has 0 saturated carbocycles. The van der Waals surface area contributed by atoms with Gasteiger partial charge in [0, 0.05) is 45.1 Å². The van der Waals surface area contributed by atoms with Gasteiger partial charge < -0.3 is 24.3 Å². The zero-order valence-corrected chi connectivity index (χ0v) is 16.3. The van der Waals surface area contributed by atoms with Gasteiger partial charge in [-0.1, -0.05) is 6.07 Å². The molecule has 3 rings (SSSR count). The van der Waals surface area contributed by atoms with Crippen LogP contribution >= 0.6 is 0 Å². The quantitative estimate of drug-likeness (QED) is 0.801. The van der Waals surface area contributed by atoms with E-state index < -0.39 is 0 Å². The molecule has 0 aliphatic carbocycles. The van der Waals surface area contributed by atoms with Gasteiger partial charge >= 0.3 is 0 Å². The molecule has 7 nitrogen and oxygen atoms in total.